The van der Waals surface area contributed by atoms with Crippen LogP contribution in [0, 0.1) is 6.92 Å². The minimum atomic E-state index is -0.0231. The van der Waals surface area contributed by atoms with E-state index in [4.69, 9.17) is 4.74 Å². The minimum absolute atomic E-state index is 0.0231. The van der Waals surface area contributed by atoms with Crippen molar-refractivity contribution in [3.05, 3.63) is 47.7 Å². The van der Waals surface area contributed by atoms with E-state index in [1.165, 1.54) is 0 Å². The molecule has 0 aliphatic carbocycles. The molecule has 0 bridgehead atoms. The number of nitrogens with one attached hydrogen (secondary N) is 1. The van der Waals surface area contributed by atoms with Gasteiger partial charge in [0, 0.05) is 25.7 Å². The number of aromatic nitrogens is 1. The summed E-state index contributed by atoms with van der Waals surface area (Å²) in [5.41, 5.74) is 2.91. The molecule has 0 fully saturated rings. The van der Waals surface area contributed by atoms with Crippen LogP contribution in [-0.4, -0.2) is 31.1 Å². The van der Waals surface area contributed by atoms with Crippen LogP contribution in [0.2, 0.25) is 0 Å². The molecule has 0 spiro atoms. The van der Waals surface area contributed by atoms with Gasteiger partial charge in [0.15, 0.2) is 0 Å². The number of carbonyl (C=O) groups is 1. The van der Waals surface area contributed by atoms with E-state index in [0.717, 1.165) is 30.0 Å². The standard InChI is InChI=1S/C20H27N3O2/c1-5-23(6-2)19-14-16(11-12-21-19)8-10-20(24)22-17-13-15(3)7-9-18(17)25-4/h7,9,11-14H,5-6,8,10H2,1-4H3,(H,22,24). The van der Waals surface area contributed by atoms with Crippen molar-refractivity contribution < 1.29 is 9.53 Å². The highest BCUT2D eigenvalue weighted by Crippen LogP contribution is 2.25. The fourth-order valence-corrected chi connectivity index (χ4v) is 2.73. The van der Waals surface area contributed by atoms with Crippen LogP contribution in [0.5, 0.6) is 5.75 Å². The second kappa shape index (κ2) is 9.06. The van der Waals surface area contributed by atoms with Crippen LogP contribution in [0.4, 0.5) is 11.5 Å². The first kappa shape index (κ1) is 18.8. The van der Waals surface area contributed by atoms with Gasteiger partial charge < -0.3 is 15.0 Å². The van der Waals surface area contributed by atoms with Gasteiger partial charge in [0.05, 0.1) is 12.8 Å². The molecule has 25 heavy (non-hydrogen) atoms. The molecule has 134 valence electrons. The number of rotatable bonds is 8. The lowest BCUT2D eigenvalue weighted by Gasteiger charge is -2.20. The third-order valence-corrected chi connectivity index (χ3v) is 4.17. The molecule has 2 rings (SSSR count). The highest BCUT2D eigenvalue weighted by molar-refractivity contribution is 5.92. The molecule has 1 amide bonds. The molecule has 5 heteroatoms. The molecule has 1 aromatic heterocycles. The zero-order valence-corrected chi connectivity index (χ0v) is 15.5. The third-order valence-electron chi connectivity index (χ3n) is 4.17. The lowest BCUT2D eigenvalue weighted by atomic mass is 10.1. The molecule has 2 aromatic rings. The fourth-order valence-electron chi connectivity index (χ4n) is 2.73. The third kappa shape index (κ3) is 5.21. The largest absolute Gasteiger partial charge is 0.495 e. The molecule has 0 saturated carbocycles. The van der Waals surface area contributed by atoms with Gasteiger partial charge in [-0.15, -0.1) is 0 Å². The first-order chi connectivity index (χ1) is 12.1. The molecule has 0 radical (unpaired) electrons. The Kier molecular flexibility index (Phi) is 6.81. The van der Waals surface area contributed by atoms with Gasteiger partial charge in [-0.1, -0.05) is 6.07 Å². The van der Waals surface area contributed by atoms with Gasteiger partial charge >= 0.3 is 0 Å². The zero-order valence-electron chi connectivity index (χ0n) is 15.5. The fraction of sp³-hybridized carbons (Fsp3) is 0.400. The number of methoxy groups -OCH3 is 1. The Labute approximate surface area is 150 Å². The van der Waals surface area contributed by atoms with Crippen LogP contribution in [0.3, 0.4) is 0 Å². The van der Waals surface area contributed by atoms with E-state index in [2.05, 4.69) is 35.1 Å². The summed E-state index contributed by atoms with van der Waals surface area (Å²) in [4.78, 5) is 18.9. The highest BCUT2D eigenvalue weighted by Gasteiger charge is 2.09. The molecule has 1 N–H and O–H groups in total. The number of amides is 1. The Balaban J connectivity index is 1.99. The van der Waals surface area contributed by atoms with Crippen molar-refractivity contribution in [3.63, 3.8) is 0 Å². The normalized spacial score (nSPS) is 10.4. The smallest absolute Gasteiger partial charge is 0.224 e. The van der Waals surface area contributed by atoms with Crippen molar-refractivity contribution in [2.24, 2.45) is 0 Å². The highest BCUT2D eigenvalue weighted by atomic mass is 16.5. The van der Waals surface area contributed by atoms with E-state index >= 15 is 0 Å². The Morgan fingerprint density at radius 1 is 1.20 bits per heavy atom. The predicted molar refractivity (Wildman–Crippen MR) is 102 cm³/mol. The van der Waals surface area contributed by atoms with Gasteiger partial charge in [-0.3, -0.25) is 4.79 Å². The number of ether oxygens (including phenoxy) is 1. The van der Waals surface area contributed by atoms with Crippen molar-refractivity contribution >= 4 is 17.4 Å². The summed E-state index contributed by atoms with van der Waals surface area (Å²) < 4.78 is 5.30. The number of pyridine rings is 1. The maximum Gasteiger partial charge on any atom is 0.224 e. The van der Waals surface area contributed by atoms with E-state index in [1.807, 2.05) is 37.4 Å². The van der Waals surface area contributed by atoms with Crippen molar-refractivity contribution in [1.82, 2.24) is 4.98 Å². The predicted octanol–water partition coefficient (Wildman–Crippen LogP) is 3.82. The summed E-state index contributed by atoms with van der Waals surface area (Å²) in [6.45, 7) is 8.04. The Bertz CT molecular complexity index is 712. The quantitative estimate of drug-likeness (QED) is 0.793. The number of hydrogen-bond donors (Lipinski definition) is 1. The van der Waals surface area contributed by atoms with Crippen LogP contribution in [0.15, 0.2) is 36.5 Å². The van der Waals surface area contributed by atoms with Crippen LogP contribution in [0.25, 0.3) is 0 Å². The van der Waals surface area contributed by atoms with Crippen LogP contribution >= 0.6 is 0 Å². The van der Waals surface area contributed by atoms with Gasteiger partial charge in [0.1, 0.15) is 11.6 Å². The maximum atomic E-state index is 12.3. The second-order valence-electron chi connectivity index (χ2n) is 5.95. The minimum Gasteiger partial charge on any atom is -0.495 e. The molecule has 0 aliphatic rings. The van der Waals surface area contributed by atoms with E-state index in [9.17, 15) is 4.79 Å². The first-order valence-electron chi connectivity index (χ1n) is 8.71. The second-order valence-corrected chi connectivity index (χ2v) is 5.95. The Morgan fingerprint density at radius 2 is 1.96 bits per heavy atom. The summed E-state index contributed by atoms with van der Waals surface area (Å²) in [6, 6.07) is 9.77. The zero-order chi connectivity index (χ0) is 18.2. The number of benzene rings is 1. The average Bonchev–Trinajstić information content (AvgIpc) is 2.62. The molecule has 0 saturated heterocycles. The topological polar surface area (TPSA) is 54.5 Å². The van der Waals surface area contributed by atoms with Crippen LogP contribution < -0.4 is 15.0 Å². The van der Waals surface area contributed by atoms with Crippen molar-refractivity contribution in [1.29, 1.82) is 0 Å². The van der Waals surface area contributed by atoms with Crippen LogP contribution in [-0.2, 0) is 11.2 Å². The van der Waals surface area contributed by atoms with Gasteiger partial charge in [0.25, 0.3) is 0 Å². The Hall–Kier alpha value is -2.56. The van der Waals surface area contributed by atoms with Gasteiger partial charge in [-0.25, -0.2) is 4.98 Å². The van der Waals surface area contributed by atoms with Gasteiger partial charge in [-0.05, 0) is 62.6 Å². The summed E-state index contributed by atoms with van der Waals surface area (Å²) in [6.07, 6.45) is 2.90. The maximum absolute atomic E-state index is 12.3. The lowest BCUT2D eigenvalue weighted by Crippen LogP contribution is -2.23. The summed E-state index contributed by atoms with van der Waals surface area (Å²) in [5, 5.41) is 2.94. The van der Waals surface area contributed by atoms with E-state index in [0.29, 0.717) is 24.3 Å². The SMILES string of the molecule is CCN(CC)c1cc(CCC(=O)Nc2cc(C)ccc2OC)ccn1. The molecule has 0 unspecified atom stereocenters. The molecule has 0 aliphatic heterocycles. The molecular weight excluding hydrogens is 314 g/mol. The monoisotopic (exact) mass is 341 g/mol. The Morgan fingerprint density at radius 3 is 2.64 bits per heavy atom. The number of hydrogen-bond acceptors (Lipinski definition) is 4. The summed E-state index contributed by atoms with van der Waals surface area (Å²) >= 11 is 0. The van der Waals surface area contributed by atoms with Gasteiger partial charge in [-0.2, -0.15) is 0 Å². The molecular formula is C20H27N3O2. The number of aryl methyl sites for hydroxylation is 2. The van der Waals surface area contributed by atoms with Crippen molar-refractivity contribution in [2.75, 3.05) is 30.4 Å². The first-order valence-corrected chi connectivity index (χ1v) is 8.71. The lowest BCUT2D eigenvalue weighted by molar-refractivity contribution is -0.116. The van der Waals surface area contributed by atoms with Crippen molar-refractivity contribution in [2.45, 2.75) is 33.6 Å². The van der Waals surface area contributed by atoms with Gasteiger partial charge in [0.2, 0.25) is 5.91 Å². The molecule has 0 atom stereocenters. The molecule has 5 nitrogen and oxygen atoms in total. The number of carbonyl (C=O) groups excluding carboxylic acids is 1. The molecule has 1 heterocycles. The summed E-state index contributed by atoms with van der Waals surface area (Å²) in [5.74, 6) is 1.61. The van der Waals surface area contributed by atoms with E-state index < -0.39 is 0 Å². The number of nitrogens with zero attached hydrogens (tertiary/aromatic N) is 2. The number of anilines is 2. The molecule has 1 aromatic carbocycles. The van der Waals surface area contributed by atoms with E-state index in [1.54, 1.807) is 7.11 Å². The van der Waals surface area contributed by atoms with Crippen molar-refractivity contribution in [3.8, 4) is 5.75 Å². The summed E-state index contributed by atoms with van der Waals surface area (Å²) in [7, 11) is 1.60. The van der Waals surface area contributed by atoms with E-state index in [-0.39, 0.29) is 5.91 Å². The van der Waals surface area contributed by atoms with Crippen LogP contribution in [0.1, 0.15) is 31.4 Å². The average molecular weight is 341 g/mol.